The number of benzene rings is 1. The van der Waals surface area contributed by atoms with Crippen LogP contribution < -0.4 is 5.46 Å². The van der Waals surface area contributed by atoms with Crippen LogP contribution in [0, 0.1) is 6.92 Å². The van der Waals surface area contributed by atoms with Gasteiger partial charge in [-0.05, 0) is 6.92 Å². The molecule has 0 N–H and O–H groups in total. The summed E-state index contributed by atoms with van der Waals surface area (Å²) in [5.74, 6) is 0. The van der Waals surface area contributed by atoms with Crippen molar-refractivity contribution in [1.82, 2.24) is 0 Å². The smallest absolute Gasteiger partial charge is 0.0878 e. The molecule has 48 valence electrons. The van der Waals surface area contributed by atoms with Crippen molar-refractivity contribution in [3.63, 3.8) is 0 Å². The minimum absolute atomic E-state index is 0. The zero-order valence-electron chi connectivity index (χ0n) is 6.46. The van der Waals surface area contributed by atoms with Crippen molar-refractivity contribution in [3.05, 3.63) is 29.8 Å². The Morgan fingerprint density at radius 1 is 1.30 bits per heavy atom. The van der Waals surface area contributed by atoms with Gasteiger partial charge < -0.3 is 0 Å². The third-order valence-electron chi connectivity index (χ3n) is 1.38. The summed E-state index contributed by atoms with van der Waals surface area (Å²) in [5, 5.41) is 0. The molecule has 1 rings (SSSR count). The van der Waals surface area contributed by atoms with Gasteiger partial charge in [-0.15, -0.1) is 0 Å². The van der Waals surface area contributed by atoms with Crippen LogP contribution in [0.25, 0.3) is 0 Å². The molecule has 0 fully saturated rings. The van der Waals surface area contributed by atoms with Crippen LogP contribution in [0.3, 0.4) is 0 Å². The van der Waals surface area contributed by atoms with Crippen molar-refractivity contribution in [2.45, 2.75) is 13.7 Å². The fraction of sp³-hybridized carbons (Fsp3) is 0.250. The average Bonchev–Trinajstić information content (AvgIpc) is 1.88. The summed E-state index contributed by atoms with van der Waals surface area (Å²) in [7, 11) is 2.10. The van der Waals surface area contributed by atoms with E-state index < -0.39 is 0 Å². The Hall–Kier alpha value is 0.389. The van der Waals surface area contributed by atoms with Crippen molar-refractivity contribution in [2.75, 3.05) is 0 Å². The van der Waals surface area contributed by atoms with Gasteiger partial charge in [-0.3, -0.25) is 0 Å². The minimum atomic E-state index is 0. The van der Waals surface area contributed by atoms with E-state index in [2.05, 4.69) is 45.3 Å². The second-order valence-electron chi connectivity index (χ2n) is 2.20. The van der Waals surface area contributed by atoms with Crippen LogP contribution in [0.5, 0.6) is 0 Å². The third-order valence-corrected chi connectivity index (χ3v) is 1.38. The van der Waals surface area contributed by atoms with Crippen molar-refractivity contribution >= 4 is 12.7 Å². The molecule has 1 aromatic carbocycles. The van der Waals surface area contributed by atoms with Gasteiger partial charge in [0.1, 0.15) is 7.28 Å². The number of hydrogen-bond donors (Lipinski definition) is 0. The first-order valence-corrected chi connectivity index (χ1v) is 3.19. The molecule has 0 aliphatic rings. The van der Waals surface area contributed by atoms with Crippen molar-refractivity contribution in [3.8, 4) is 0 Å². The van der Waals surface area contributed by atoms with E-state index in [1.165, 1.54) is 11.0 Å². The molecule has 1 aromatic rings. The molecule has 0 bridgehead atoms. The molecule has 0 saturated carbocycles. The van der Waals surface area contributed by atoms with E-state index >= 15 is 0 Å². The van der Waals surface area contributed by atoms with Crippen molar-refractivity contribution in [1.29, 1.82) is 0 Å². The van der Waals surface area contributed by atoms with Crippen molar-refractivity contribution in [2.24, 2.45) is 0 Å². The molecule has 0 aliphatic heterocycles. The van der Waals surface area contributed by atoms with Gasteiger partial charge in [0, 0.05) is 32.7 Å². The van der Waals surface area contributed by atoms with Crippen LogP contribution in [0.2, 0.25) is 6.82 Å². The zero-order chi connectivity index (χ0) is 6.69. The molecule has 0 unspecified atom stereocenters. The van der Waals surface area contributed by atoms with E-state index in [4.69, 9.17) is 0 Å². The number of aryl methyl sites for hydroxylation is 1. The summed E-state index contributed by atoms with van der Waals surface area (Å²) in [5.41, 5.74) is 2.63. The maximum atomic E-state index is 2.17. The maximum Gasteiger partial charge on any atom is 0.148 e. The molecule has 0 saturated heterocycles. The molecule has 0 spiro atoms. The van der Waals surface area contributed by atoms with Crippen LogP contribution in [-0.2, 0) is 32.7 Å². The first-order chi connectivity index (χ1) is 4.33. The van der Waals surface area contributed by atoms with Gasteiger partial charge in [-0.1, -0.05) is 42.1 Å². The second-order valence-corrected chi connectivity index (χ2v) is 2.20. The Labute approximate surface area is 88.5 Å². The van der Waals surface area contributed by atoms with E-state index in [1.807, 2.05) is 0 Å². The second kappa shape index (κ2) is 5.09. The van der Waals surface area contributed by atoms with Crippen LogP contribution in [0.15, 0.2) is 24.3 Å². The Bertz CT molecular complexity index is 198. The Morgan fingerprint density at radius 2 is 2.00 bits per heavy atom. The van der Waals surface area contributed by atoms with Crippen LogP contribution in [0.4, 0.5) is 0 Å². The molecule has 0 aliphatic carbocycles. The summed E-state index contributed by atoms with van der Waals surface area (Å²) in [6.45, 7) is 4.15. The maximum absolute atomic E-state index is 2.17. The average molecular weight is 206 g/mol. The van der Waals surface area contributed by atoms with E-state index in [0.717, 1.165) is 0 Å². The molecular weight excluding hydrogens is 196 g/mol. The van der Waals surface area contributed by atoms with E-state index in [9.17, 15) is 0 Å². The van der Waals surface area contributed by atoms with Gasteiger partial charge in [0.15, 0.2) is 0 Å². The molecular formula is C8H10BY. The van der Waals surface area contributed by atoms with E-state index in [1.54, 1.807) is 0 Å². The summed E-state index contributed by atoms with van der Waals surface area (Å²) < 4.78 is 0. The fourth-order valence-corrected chi connectivity index (χ4v) is 0.850. The Balaban J connectivity index is 0.000000810. The molecule has 0 atom stereocenters. The quantitative estimate of drug-likeness (QED) is 0.608. The summed E-state index contributed by atoms with van der Waals surface area (Å²) in [6.07, 6.45) is 0. The van der Waals surface area contributed by atoms with Crippen LogP contribution >= 0.6 is 0 Å². The van der Waals surface area contributed by atoms with E-state index in [-0.39, 0.29) is 32.7 Å². The normalized spacial score (nSPS) is 8.20. The van der Waals surface area contributed by atoms with Crippen LogP contribution in [0.1, 0.15) is 5.56 Å². The molecule has 0 amide bonds. The molecule has 10 heavy (non-hydrogen) atoms. The largest absolute Gasteiger partial charge is 0.148 e. The van der Waals surface area contributed by atoms with Gasteiger partial charge >= 0.3 is 0 Å². The summed E-state index contributed by atoms with van der Waals surface area (Å²) in [6, 6.07) is 8.45. The first-order valence-electron chi connectivity index (χ1n) is 3.19. The summed E-state index contributed by atoms with van der Waals surface area (Å²) in [4.78, 5) is 0. The van der Waals surface area contributed by atoms with Gasteiger partial charge in [0.05, 0.1) is 0 Å². The molecule has 2 radical (unpaired) electrons. The predicted octanol–water partition coefficient (Wildman–Crippen LogP) is 1.37. The van der Waals surface area contributed by atoms with Gasteiger partial charge in [-0.25, -0.2) is 0 Å². The van der Waals surface area contributed by atoms with Crippen molar-refractivity contribution < 1.29 is 32.7 Å². The molecule has 0 nitrogen and oxygen atoms in total. The summed E-state index contributed by atoms with van der Waals surface area (Å²) >= 11 is 0. The zero-order valence-corrected chi connectivity index (χ0v) is 9.30. The topological polar surface area (TPSA) is 0 Å². The van der Waals surface area contributed by atoms with Gasteiger partial charge in [0.2, 0.25) is 0 Å². The third kappa shape index (κ3) is 2.98. The SMILES string of the molecule is C[B]c1cccc(C)c1.[Y]. The number of hydrogen-bond acceptors (Lipinski definition) is 0. The monoisotopic (exact) mass is 206 g/mol. The minimum Gasteiger partial charge on any atom is -0.0878 e. The predicted molar refractivity (Wildman–Crippen MR) is 42.4 cm³/mol. The van der Waals surface area contributed by atoms with Crippen LogP contribution in [-0.4, -0.2) is 7.28 Å². The standard InChI is InChI=1S/C8H10B.Y/c1-7-4-3-5-8(6-7)9-2;/h3-6H,1-2H3;. The Kier molecular flexibility index (Phi) is 5.29. The van der Waals surface area contributed by atoms with E-state index in [0.29, 0.717) is 0 Å². The van der Waals surface area contributed by atoms with Gasteiger partial charge in [0.25, 0.3) is 0 Å². The first kappa shape index (κ1) is 10.4. The Morgan fingerprint density at radius 3 is 2.40 bits per heavy atom. The molecule has 2 heteroatoms. The number of rotatable bonds is 1. The molecule has 0 aromatic heterocycles. The molecule has 0 heterocycles. The van der Waals surface area contributed by atoms with Gasteiger partial charge in [-0.2, -0.15) is 0 Å². The fourth-order valence-electron chi connectivity index (χ4n) is 0.850.